The topological polar surface area (TPSA) is 77.0 Å². The van der Waals surface area contributed by atoms with Crippen LogP contribution in [0.4, 0.5) is 0 Å². The van der Waals surface area contributed by atoms with E-state index in [0.29, 0.717) is 24.7 Å². The van der Waals surface area contributed by atoms with Gasteiger partial charge in [0.1, 0.15) is 36.5 Å². The van der Waals surface area contributed by atoms with Crippen LogP contribution in [-0.2, 0) is 4.79 Å². The molecule has 1 fully saturated rings. The Morgan fingerprint density at radius 3 is 2.70 bits per heavy atom. The molecule has 2 unspecified atom stereocenters. The minimum atomic E-state index is -0.819. The normalized spacial score (nSPS) is 18.9. The lowest BCUT2D eigenvalue weighted by molar-refractivity contribution is -0.138. The van der Waals surface area contributed by atoms with Crippen LogP contribution in [0.25, 0.3) is 0 Å². The van der Waals surface area contributed by atoms with Crippen LogP contribution in [-0.4, -0.2) is 43.2 Å². The lowest BCUT2D eigenvalue weighted by Gasteiger charge is -2.14. The Labute approximate surface area is 170 Å². The van der Waals surface area contributed by atoms with Gasteiger partial charge in [0.05, 0.1) is 17.0 Å². The summed E-state index contributed by atoms with van der Waals surface area (Å²) in [6, 6.07) is 12.7. The van der Waals surface area contributed by atoms with Gasteiger partial charge in [-0.15, -0.1) is 11.8 Å². The van der Waals surface area contributed by atoms with Crippen LogP contribution in [0.3, 0.4) is 0 Å². The maximum atomic E-state index is 11.1. The molecule has 0 bridgehead atoms. The van der Waals surface area contributed by atoms with E-state index >= 15 is 0 Å². The van der Waals surface area contributed by atoms with E-state index in [2.05, 4.69) is 21.2 Å². The number of halogens is 1. The van der Waals surface area contributed by atoms with E-state index in [1.165, 1.54) is 0 Å². The first-order valence-corrected chi connectivity index (χ1v) is 10.2. The van der Waals surface area contributed by atoms with Crippen molar-refractivity contribution in [3.05, 3.63) is 52.5 Å². The summed E-state index contributed by atoms with van der Waals surface area (Å²) in [6.07, 6.45) is 0. The van der Waals surface area contributed by atoms with Gasteiger partial charge in [0.15, 0.2) is 0 Å². The van der Waals surface area contributed by atoms with Gasteiger partial charge in [-0.05, 0) is 45.8 Å². The Balaban J connectivity index is 1.50. The van der Waals surface area contributed by atoms with Gasteiger partial charge in [-0.25, -0.2) is 0 Å². The van der Waals surface area contributed by atoms with Gasteiger partial charge >= 0.3 is 5.97 Å². The van der Waals surface area contributed by atoms with Gasteiger partial charge < -0.3 is 19.3 Å². The molecule has 1 aliphatic heterocycles. The van der Waals surface area contributed by atoms with E-state index in [4.69, 9.17) is 19.3 Å². The van der Waals surface area contributed by atoms with E-state index in [-0.39, 0.29) is 5.37 Å². The van der Waals surface area contributed by atoms with Crippen LogP contribution >= 0.6 is 27.7 Å². The number of aliphatic carboxylic acids is 1. The van der Waals surface area contributed by atoms with E-state index in [1.54, 1.807) is 18.9 Å². The molecule has 1 heterocycles. The molecule has 3 rings (SSSR count). The summed E-state index contributed by atoms with van der Waals surface area (Å²) >= 11 is 5.10. The molecule has 0 amide bonds. The molecule has 1 saturated heterocycles. The predicted molar refractivity (Wildman–Crippen MR) is 108 cm³/mol. The maximum absolute atomic E-state index is 11.1. The Morgan fingerprint density at radius 1 is 1.22 bits per heavy atom. The van der Waals surface area contributed by atoms with Crippen molar-refractivity contribution in [1.82, 2.24) is 5.32 Å². The highest BCUT2D eigenvalue weighted by molar-refractivity contribution is 9.10. The second-order valence-corrected chi connectivity index (χ2v) is 7.83. The molecule has 0 spiro atoms. The summed E-state index contributed by atoms with van der Waals surface area (Å²) in [5, 5.41) is 12.2. The molecule has 1 aliphatic rings. The Bertz CT molecular complexity index is 803. The number of rotatable bonds is 8. The standard InChI is InChI=1S/C19H20BrNO5S/c1-24-13-3-2-4-14(10-13)25-7-8-26-17-6-5-12(9-15(17)20)18-21-16(11-27-18)19(22)23/h2-6,9-10,16,18,21H,7-8,11H2,1H3,(H,22,23). The highest BCUT2D eigenvalue weighted by Gasteiger charge is 2.30. The second kappa shape index (κ2) is 9.34. The summed E-state index contributed by atoms with van der Waals surface area (Å²) in [4.78, 5) is 11.1. The number of hydrogen-bond donors (Lipinski definition) is 2. The van der Waals surface area contributed by atoms with E-state index in [1.807, 2.05) is 42.5 Å². The van der Waals surface area contributed by atoms with Crippen LogP contribution in [0.5, 0.6) is 17.2 Å². The first-order chi connectivity index (χ1) is 13.1. The monoisotopic (exact) mass is 453 g/mol. The quantitative estimate of drug-likeness (QED) is 0.589. The number of thioether (sulfide) groups is 1. The first kappa shape index (κ1) is 19.9. The van der Waals surface area contributed by atoms with E-state index < -0.39 is 12.0 Å². The zero-order valence-corrected chi connectivity index (χ0v) is 17.1. The molecule has 27 heavy (non-hydrogen) atoms. The zero-order chi connectivity index (χ0) is 19.2. The maximum Gasteiger partial charge on any atom is 0.321 e. The third-order valence-electron chi connectivity index (χ3n) is 3.99. The van der Waals surface area contributed by atoms with Crippen LogP contribution in [0.1, 0.15) is 10.9 Å². The molecule has 0 aliphatic carbocycles. The van der Waals surface area contributed by atoms with Gasteiger partial charge in [-0.1, -0.05) is 12.1 Å². The molecule has 2 atom stereocenters. The molecule has 2 N–H and O–H groups in total. The Hall–Kier alpha value is -1.90. The van der Waals surface area contributed by atoms with Crippen molar-refractivity contribution in [3.63, 3.8) is 0 Å². The lowest BCUT2D eigenvalue weighted by Crippen LogP contribution is -2.33. The van der Waals surface area contributed by atoms with Crippen molar-refractivity contribution >= 4 is 33.7 Å². The van der Waals surface area contributed by atoms with Crippen molar-refractivity contribution in [2.45, 2.75) is 11.4 Å². The highest BCUT2D eigenvalue weighted by Crippen LogP contribution is 2.36. The van der Waals surface area contributed by atoms with Crippen molar-refractivity contribution in [2.24, 2.45) is 0 Å². The number of carbonyl (C=O) groups is 1. The molecular formula is C19H20BrNO5S. The fourth-order valence-electron chi connectivity index (χ4n) is 2.61. The minimum absolute atomic E-state index is 0.0344. The van der Waals surface area contributed by atoms with Gasteiger partial charge in [-0.2, -0.15) is 0 Å². The zero-order valence-electron chi connectivity index (χ0n) is 14.7. The largest absolute Gasteiger partial charge is 0.497 e. The Morgan fingerprint density at radius 2 is 2.00 bits per heavy atom. The average molecular weight is 454 g/mol. The fraction of sp³-hybridized carbons (Fsp3) is 0.316. The van der Waals surface area contributed by atoms with Crippen molar-refractivity contribution in [2.75, 3.05) is 26.1 Å². The molecule has 8 heteroatoms. The molecule has 2 aromatic rings. The van der Waals surface area contributed by atoms with Crippen LogP contribution in [0.2, 0.25) is 0 Å². The Kier molecular flexibility index (Phi) is 6.87. The van der Waals surface area contributed by atoms with Crippen LogP contribution < -0.4 is 19.5 Å². The molecule has 0 saturated carbocycles. The summed E-state index contributed by atoms with van der Waals surface area (Å²) in [5.41, 5.74) is 1.01. The van der Waals surface area contributed by atoms with Crippen molar-refractivity contribution < 1.29 is 24.1 Å². The molecule has 144 valence electrons. The van der Waals surface area contributed by atoms with Gasteiger partial charge in [0.2, 0.25) is 0 Å². The highest BCUT2D eigenvalue weighted by atomic mass is 79.9. The molecule has 0 radical (unpaired) electrons. The smallest absolute Gasteiger partial charge is 0.321 e. The average Bonchev–Trinajstić information content (AvgIpc) is 3.17. The number of methoxy groups -OCH3 is 1. The van der Waals surface area contributed by atoms with Crippen molar-refractivity contribution in [3.8, 4) is 17.2 Å². The van der Waals surface area contributed by atoms with Crippen LogP contribution in [0, 0.1) is 0 Å². The second-order valence-electron chi connectivity index (χ2n) is 5.84. The number of carboxylic acids is 1. The molecule has 0 aromatic heterocycles. The fourth-order valence-corrected chi connectivity index (χ4v) is 4.34. The molecule has 2 aromatic carbocycles. The predicted octanol–water partition coefficient (Wildman–Crippen LogP) is 3.70. The lowest BCUT2D eigenvalue weighted by atomic mass is 10.2. The van der Waals surface area contributed by atoms with E-state index in [0.717, 1.165) is 21.5 Å². The van der Waals surface area contributed by atoms with Gasteiger partial charge in [-0.3, -0.25) is 10.1 Å². The number of nitrogens with one attached hydrogen (secondary N) is 1. The van der Waals surface area contributed by atoms with Crippen molar-refractivity contribution in [1.29, 1.82) is 0 Å². The third-order valence-corrected chi connectivity index (χ3v) is 5.88. The first-order valence-electron chi connectivity index (χ1n) is 8.36. The summed E-state index contributed by atoms with van der Waals surface area (Å²) in [6.45, 7) is 0.800. The number of ether oxygens (including phenoxy) is 3. The minimum Gasteiger partial charge on any atom is -0.497 e. The van der Waals surface area contributed by atoms with Gasteiger partial charge in [0.25, 0.3) is 0 Å². The SMILES string of the molecule is COc1cccc(OCCOc2ccc(C3NC(C(=O)O)CS3)cc2Br)c1. The third kappa shape index (κ3) is 5.31. The summed E-state index contributed by atoms with van der Waals surface area (Å²) in [5.74, 6) is 1.92. The molecule has 6 nitrogen and oxygen atoms in total. The van der Waals surface area contributed by atoms with E-state index in [9.17, 15) is 4.79 Å². The molecular weight excluding hydrogens is 434 g/mol. The van der Waals surface area contributed by atoms with Gasteiger partial charge in [0, 0.05) is 11.8 Å². The van der Waals surface area contributed by atoms with Crippen LogP contribution in [0.15, 0.2) is 46.9 Å². The summed E-state index contributed by atoms with van der Waals surface area (Å²) < 4.78 is 17.4. The number of carboxylic acid groups (broad SMARTS) is 1. The number of hydrogen-bond acceptors (Lipinski definition) is 6. The number of benzene rings is 2. The summed E-state index contributed by atoms with van der Waals surface area (Å²) in [7, 11) is 1.62.